The molecule has 0 aromatic heterocycles. The zero-order valence-corrected chi connectivity index (χ0v) is 13.8. The first-order chi connectivity index (χ1) is 9.57. The third-order valence-corrected chi connectivity index (χ3v) is 4.83. The van der Waals surface area contributed by atoms with Gasteiger partial charge in [0.1, 0.15) is 0 Å². The van der Waals surface area contributed by atoms with Gasteiger partial charge in [0.2, 0.25) is 10.0 Å². The highest BCUT2D eigenvalue weighted by molar-refractivity contribution is 7.98. The van der Waals surface area contributed by atoms with Crippen molar-refractivity contribution in [3.05, 3.63) is 35.4 Å². The Bertz CT molecular complexity index is 490. The van der Waals surface area contributed by atoms with Gasteiger partial charge in [0.05, 0.1) is 5.75 Å². The van der Waals surface area contributed by atoms with Crippen LogP contribution in [0.3, 0.4) is 0 Å². The van der Waals surface area contributed by atoms with E-state index < -0.39 is 10.0 Å². The van der Waals surface area contributed by atoms with Crippen LogP contribution >= 0.6 is 11.8 Å². The summed E-state index contributed by atoms with van der Waals surface area (Å²) in [5.74, 6) is 1.02. The van der Waals surface area contributed by atoms with E-state index in [1.54, 1.807) is 11.8 Å². The highest BCUT2D eigenvalue weighted by atomic mass is 32.2. The van der Waals surface area contributed by atoms with E-state index in [-0.39, 0.29) is 5.75 Å². The lowest BCUT2D eigenvalue weighted by Gasteiger charge is -2.08. The van der Waals surface area contributed by atoms with Crippen molar-refractivity contribution in [2.24, 2.45) is 0 Å². The van der Waals surface area contributed by atoms with Gasteiger partial charge in [-0.15, -0.1) is 0 Å². The minimum absolute atomic E-state index is 0.0479. The lowest BCUT2D eigenvalue weighted by Crippen LogP contribution is -2.26. The SMILES string of the molecule is CCNCc1cccc(CS(=O)(=O)NCCCSC)c1. The van der Waals surface area contributed by atoms with E-state index in [0.717, 1.165) is 36.4 Å². The molecule has 0 aliphatic rings. The molecule has 6 heteroatoms. The molecule has 0 aliphatic heterocycles. The Morgan fingerprint density at radius 3 is 2.70 bits per heavy atom. The maximum absolute atomic E-state index is 12.0. The van der Waals surface area contributed by atoms with Crippen LogP contribution in [0, 0.1) is 0 Å². The lowest BCUT2D eigenvalue weighted by molar-refractivity contribution is 0.580. The molecule has 0 saturated carbocycles. The van der Waals surface area contributed by atoms with E-state index in [4.69, 9.17) is 0 Å². The molecular weight excluding hydrogens is 292 g/mol. The van der Waals surface area contributed by atoms with E-state index >= 15 is 0 Å². The molecular formula is C14H24N2O2S2. The van der Waals surface area contributed by atoms with Crippen molar-refractivity contribution in [1.82, 2.24) is 10.0 Å². The zero-order chi connectivity index (χ0) is 14.8. The molecule has 2 N–H and O–H groups in total. The molecule has 0 fully saturated rings. The number of sulfonamides is 1. The third kappa shape index (κ3) is 7.28. The number of rotatable bonds is 10. The van der Waals surface area contributed by atoms with E-state index in [1.165, 1.54) is 0 Å². The first-order valence-electron chi connectivity index (χ1n) is 6.82. The summed E-state index contributed by atoms with van der Waals surface area (Å²) >= 11 is 1.72. The Kier molecular flexibility index (Phi) is 8.21. The second kappa shape index (κ2) is 9.39. The average molecular weight is 316 g/mol. The van der Waals surface area contributed by atoms with Crippen LogP contribution in [-0.2, 0) is 22.3 Å². The summed E-state index contributed by atoms with van der Waals surface area (Å²) in [5, 5.41) is 3.24. The van der Waals surface area contributed by atoms with Gasteiger partial charge in [0.25, 0.3) is 0 Å². The highest BCUT2D eigenvalue weighted by Crippen LogP contribution is 2.09. The Balaban J connectivity index is 2.53. The molecule has 0 bridgehead atoms. The van der Waals surface area contributed by atoms with Crippen LogP contribution in [0.15, 0.2) is 24.3 Å². The van der Waals surface area contributed by atoms with Crippen LogP contribution in [0.5, 0.6) is 0 Å². The average Bonchev–Trinajstić information content (AvgIpc) is 2.41. The van der Waals surface area contributed by atoms with Crippen LogP contribution in [-0.4, -0.2) is 33.5 Å². The summed E-state index contributed by atoms with van der Waals surface area (Å²) in [6, 6.07) is 7.72. The van der Waals surface area contributed by atoms with Crippen LogP contribution in [0.4, 0.5) is 0 Å². The molecule has 0 aliphatic carbocycles. The number of benzene rings is 1. The second-order valence-electron chi connectivity index (χ2n) is 4.60. The first kappa shape index (κ1) is 17.5. The maximum Gasteiger partial charge on any atom is 0.215 e. The smallest absolute Gasteiger partial charge is 0.215 e. The predicted molar refractivity (Wildman–Crippen MR) is 87.4 cm³/mol. The van der Waals surface area contributed by atoms with Gasteiger partial charge in [-0.1, -0.05) is 31.2 Å². The van der Waals surface area contributed by atoms with Crippen molar-refractivity contribution in [2.75, 3.05) is 25.1 Å². The molecule has 1 aromatic carbocycles. The van der Waals surface area contributed by atoms with Gasteiger partial charge < -0.3 is 5.32 Å². The highest BCUT2D eigenvalue weighted by Gasteiger charge is 2.10. The molecule has 0 atom stereocenters. The van der Waals surface area contributed by atoms with Crippen molar-refractivity contribution in [3.63, 3.8) is 0 Å². The molecule has 20 heavy (non-hydrogen) atoms. The normalized spacial score (nSPS) is 11.7. The Labute approximate surface area is 126 Å². The minimum Gasteiger partial charge on any atom is -0.313 e. The summed E-state index contributed by atoms with van der Waals surface area (Å²) < 4.78 is 26.6. The van der Waals surface area contributed by atoms with Crippen molar-refractivity contribution < 1.29 is 8.42 Å². The summed E-state index contributed by atoms with van der Waals surface area (Å²) in [6.07, 6.45) is 2.88. The lowest BCUT2D eigenvalue weighted by atomic mass is 10.1. The fourth-order valence-electron chi connectivity index (χ4n) is 1.81. The second-order valence-corrected chi connectivity index (χ2v) is 7.39. The number of thioether (sulfide) groups is 1. The minimum atomic E-state index is -3.23. The molecule has 114 valence electrons. The quantitative estimate of drug-likeness (QED) is 0.648. The van der Waals surface area contributed by atoms with Gasteiger partial charge in [-0.2, -0.15) is 11.8 Å². The maximum atomic E-state index is 12.0. The van der Waals surface area contributed by atoms with Gasteiger partial charge in [0, 0.05) is 13.1 Å². The Hall–Kier alpha value is -0.560. The molecule has 0 unspecified atom stereocenters. The summed E-state index contributed by atoms with van der Waals surface area (Å²) in [6.45, 7) is 4.23. The van der Waals surface area contributed by atoms with Gasteiger partial charge in [-0.25, -0.2) is 13.1 Å². The van der Waals surface area contributed by atoms with Gasteiger partial charge >= 0.3 is 0 Å². The molecule has 0 radical (unpaired) electrons. The monoisotopic (exact) mass is 316 g/mol. The third-order valence-electron chi connectivity index (χ3n) is 2.77. The first-order valence-corrected chi connectivity index (χ1v) is 9.87. The van der Waals surface area contributed by atoms with E-state index in [0.29, 0.717) is 6.54 Å². The van der Waals surface area contributed by atoms with Gasteiger partial charge in [-0.05, 0) is 36.1 Å². The number of hydrogen-bond acceptors (Lipinski definition) is 4. The van der Waals surface area contributed by atoms with E-state index in [9.17, 15) is 8.42 Å². The van der Waals surface area contributed by atoms with Crippen molar-refractivity contribution >= 4 is 21.8 Å². The van der Waals surface area contributed by atoms with Crippen molar-refractivity contribution in [2.45, 2.75) is 25.6 Å². The summed E-state index contributed by atoms with van der Waals surface area (Å²) in [4.78, 5) is 0. The van der Waals surface area contributed by atoms with Crippen LogP contribution in [0.2, 0.25) is 0 Å². The topological polar surface area (TPSA) is 58.2 Å². The number of nitrogens with one attached hydrogen (secondary N) is 2. The van der Waals surface area contributed by atoms with Crippen LogP contribution < -0.4 is 10.0 Å². The molecule has 0 saturated heterocycles. The van der Waals surface area contributed by atoms with Crippen molar-refractivity contribution in [3.8, 4) is 0 Å². The molecule has 0 heterocycles. The fraction of sp³-hybridized carbons (Fsp3) is 0.571. The van der Waals surface area contributed by atoms with Gasteiger partial charge in [0.15, 0.2) is 0 Å². The predicted octanol–water partition coefficient (Wildman–Crippen LogP) is 1.97. The number of hydrogen-bond donors (Lipinski definition) is 2. The fourth-order valence-corrected chi connectivity index (χ4v) is 3.42. The molecule has 1 aromatic rings. The van der Waals surface area contributed by atoms with Gasteiger partial charge in [-0.3, -0.25) is 0 Å². The van der Waals surface area contributed by atoms with E-state index in [2.05, 4.69) is 10.0 Å². The largest absolute Gasteiger partial charge is 0.313 e. The molecule has 0 amide bonds. The molecule has 0 spiro atoms. The summed E-state index contributed by atoms with van der Waals surface area (Å²) in [5.41, 5.74) is 1.94. The Morgan fingerprint density at radius 2 is 2.00 bits per heavy atom. The standard InChI is InChI=1S/C14H24N2O2S2/c1-3-15-11-13-6-4-7-14(10-13)12-20(17,18)16-8-5-9-19-2/h4,6-7,10,15-16H,3,5,8-9,11-12H2,1-2H3. The zero-order valence-electron chi connectivity index (χ0n) is 12.2. The van der Waals surface area contributed by atoms with Crippen molar-refractivity contribution in [1.29, 1.82) is 0 Å². The van der Waals surface area contributed by atoms with Crippen LogP contribution in [0.1, 0.15) is 24.5 Å². The Morgan fingerprint density at radius 1 is 1.25 bits per heavy atom. The summed E-state index contributed by atoms with van der Waals surface area (Å²) in [7, 11) is -3.23. The van der Waals surface area contributed by atoms with Crippen LogP contribution in [0.25, 0.3) is 0 Å². The molecule has 4 nitrogen and oxygen atoms in total. The van der Waals surface area contributed by atoms with E-state index in [1.807, 2.05) is 37.4 Å². The molecule has 1 rings (SSSR count).